The molecule has 1 aromatic rings. The molecular weight excluding hydrogens is 284 g/mol. The molecule has 5 nitrogen and oxygen atoms in total. The Balaban J connectivity index is 2.04. The standard InChI is InChI=1S/C17H18O5/c1-20-12-4-2-3-11-13(12)15(19)17-10(6-8-22-17)9-5-7-21-16(9)14(11)18/h2-4,9-10,18-19H,5-8H2,1H3/b16-14-,17-15-. The van der Waals surface area contributed by atoms with Crippen LogP contribution in [-0.2, 0) is 9.47 Å². The van der Waals surface area contributed by atoms with Crippen molar-refractivity contribution in [3.05, 3.63) is 40.8 Å². The molecule has 1 aliphatic carbocycles. The van der Waals surface area contributed by atoms with E-state index in [9.17, 15) is 10.2 Å². The summed E-state index contributed by atoms with van der Waals surface area (Å²) in [6.07, 6.45) is 1.64. The van der Waals surface area contributed by atoms with Gasteiger partial charge in [-0.3, -0.25) is 0 Å². The average molecular weight is 302 g/mol. The Morgan fingerprint density at radius 2 is 1.64 bits per heavy atom. The van der Waals surface area contributed by atoms with Crippen molar-refractivity contribution in [1.29, 1.82) is 0 Å². The number of aliphatic hydroxyl groups is 2. The predicted molar refractivity (Wildman–Crippen MR) is 80.2 cm³/mol. The second-order valence-electron chi connectivity index (χ2n) is 5.80. The van der Waals surface area contributed by atoms with Crippen molar-refractivity contribution in [3.63, 3.8) is 0 Å². The zero-order chi connectivity index (χ0) is 15.3. The van der Waals surface area contributed by atoms with Gasteiger partial charge in [0.15, 0.2) is 11.5 Å². The van der Waals surface area contributed by atoms with E-state index < -0.39 is 0 Å². The maximum Gasteiger partial charge on any atom is 0.165 e. The van der Waals surface area contributed by atoms with Crippen molar-refractivity contribution >= 4 is 11.5 Å². The monoisotopic (exact) mass is 302 g/mol. The van der Waals surface area contributed by atoms with Gasteiger partial charge in [0.25, 0.3) is 0 Å². The van der Waals surface area contributed by atoms with Crippen LogP contribution in [0.4, 0.5) is 0 Å². The van der Waals surface area contributed by atoms with E-state index in [1.165, 1.54) is 0 Å². The zero-order valence-corrected chi connectivity index (χ0v) is 12.3. The molecule has 4 rings (SSSR count). The summed E-state index contributed by atoms with van der Waals surface area (Å²) in [5.41, 5.74) is 0.978. The number of benzene rings is 1. The molecule has 0 amide bonds. The van der Waals surface area contributed by atoms with Gasteiger partial charge in [-0.25, -0.2) is 0 Å². The fourth-order valence-corrected chi connectivity index (χ4v) is 3.72. The van der Waals surface area contributed by atoms with Crippen LogP contribution in [0, 0.1) is 11.8 Å². The Hall–Kier alpha value is -2.30. The van der Waals surface area contributed by atoms with E-state index in [4.69, 9.17) is 14.2 Å². The lowest BCUT2D eigenvalue weighted by atomic mass is 9.82. The maximum atomic E-state index is 10.8. The van der Waals surface area contributed by atoms with E-state index in [1.54, 1.807) is 25.3 Å². The molecule has 2 atom stereocenters. The number of hydrogen-bond acceptors (Lipinski definition) is 5. The lowest BCUT2D eigenvalue weighted by Crippen LogP contribution is -2.17. The number of aliphatic hydroxyl groups excluding tert-OH is 2. The highest BCUT2D eigenvalue weighted by atomic mass is 16.5. The number of ether oxygens (including phenoxy) is 3. The third kappa shape index (κ3) is 1.71. The summed E-state index contributed by atoms with van der Waals surface area (Å²) >= 11 is 0. The number of fused-ring (bicyclic) bond motifs is 4. The molecule has 5 heteroatoms. The minimum Gasteiger partial charge on any atom is -0.504 e. The smallest absolute Gasteiger partial charge is 0.165 e. The minimum absolute atomic E-state index is 0.0395. The lowest BCUT2D eigenvalue weighted by molar-refractivity contribution is 0.232. The summed E-state index contributed by atoms with van der Waals surface area (Å²) in [7, 11) is 1.54. The van der Waals surface area contributed by atoms with Gasteiger partial charge in [-0.15, -0.1) is 0 Å². The van der Waals surface area contributed by atoms with E-state index in [1.807, 2.05) is 0 Å². The van der Waals surface area contributed by atoms with Crippen LogP contribution < -0.4 is 4.74 Å². The van der Waals surface area contributed by atoms with Gasteiger partial charge in [-0.1, -0.05) is 12.1 Å². The summed E-state index contributed by atoms with van der Waals surface area (Å²) in [6, 6.07) is 5.29. The molecule has 2 unspecified atom stereocenters. The van der Waals surface area contributed by atoms with Gasteiger partial charge in [-0.05, 0) is 18.9 Å². The van der Waals surface area contributed by atoms with Crippen LogP contribution in [0.2, 0.25) is 0 Å². The summed E-state index contributed by atoms with van der Waals surface area (Å²) in [5, 5.41) is 21.5. The predicted octanol–water partition coefficient (Wildman–Crippen LogP) is 3.24. The van der Waals surface area contributed by atoms with E-state index in [0.29, 0.717) is 41.6 Å². The first-order chi connectivity index (χ1) is 10.7. The molecule has 0 radical (unpaired) electrons. The van der Waals surface area contributed by atoms with Gasteiger partial charge in [0.2, 0.25) is 0 Å². The van der Waals surface area contributed by atoms with Crippen LogP contribution in [0.1, 0.15) is 24.0 Å². The number of rotatable bonds is 1. The molecule has 0 bridgehead atoms. The van der Waals surface area contributed by atoms with Crippen LogP contribution in [0.5, 0.6) is 5.75 Å². The van der Waals surface area contributed by atoms with E-state index in [2.05, 4.69) is 0 Å². The first-order valence-electron chi connectivity index (χ1n) is 7.52. The maximum absolute atomic E-state index is 10.8. The molecule has 3 aliphatic rings. The first kappa shape index (κ1) is 13.4. The zero-order valence-electron chi connectivity index (χ0n) is 12.3. The fourth-order valence-electron chi connectivity index (χ4n) is 3.72. The van der Waals surface area contributed by atoms with Gasteiger partial charge in [0.1, 0.15) is 17.3 Å². The third-order valence-corrected chi connectivity index (χ3v) is 4.74. The van der Waals surface area contributed by atoms with Gasteiger partial charge < -0.3 is 24.4 Å². The quantitative estimate of drug-likeness (QED) is 0.833. The van der Waals surface area contributed by atoms with Crippen molar-refractivity contribution in [2.75, 3.05) is 20.3 Å². The molecular formula is C17H18O5. The van der Waals surface area contributed by atoms with Crippen LogP contribution in [0.3, 0.4) is 0 Å². The molecule has 22 heavy (non-hydrogen) atoms. The Morgan fingerprint density at radius 1 is 1.00 bits per heavy atom. The molecule has 2 heterocycles. The van der Waals surface area contributed by atoms with Crippen molar-refractivity contribution in [3.8, 4) is 5.75 Å². The summed E-state index contributed by atoms with van der Waals surface area (Å²) in [6.45, 7) is 1.15. The van der Waals surface area contributed by atoms with E-state index >= 15 is 0 Å². The van der Waals surface area contributed by atoms with Gasteiger partial charge in [0, 0.05) is 17.4 Å². The average Bonchev–Trinajstić information content (AvgIpc) is 3.19. The van der Waals surface area contributed by atoms with Crippen LogP contribution in [-0.4, -0.2) is 30.5 Å². The van der Waals surface area contributed by atoms with Crippen LogP contribution >= 0.6 is 0 Å². The lowest BCUT2D eigenvalue weighted by Gasteiger charge is -2.24. The molecule has 1 aromatic carbocycles. The second kappa shape index (κ2) is 4.87. The Morgan fingerprint density at radius 3 is 2.27 bits per heavy atom. The number of hydrogen-bond donors (Lipinski definition) is 2. The third-order valence-electron chi connectivity index (χ3n) is 4.74. The first-order valence-corrected chi connectivity index (χ1v) is 7.52. The molecule has 2 saturated heterocycles. The fraction of sp³-hybridized carbons (Fsp3) is 0.412. The Labute approximate surface area is 128 Å². The van der Waals surface area contributed by atoms with Crippen molar-refractivity contribution in [1.82, 2.24) is 0 Å². The Bertz CT molecular complexity index is 688. The molecule has 0 saturated carbocycles. The van der Waals surface area contributed by atoms with Crippen molar-refractivity contribution in [2.24, 2.45) is 11.8 Å². The molecule has 2 N–H and O–H groups in total. The van der Waals surface area contributed by atoms with Gasteiger partial charge in [0.05, 0.1) is 25.9 Å². The topological polar surface area (TPSA) is 68.2 Å². The highest BCUT2D eigenvalue weighted by Crippen LogP contribution is 2.48. The van der Waals surface area contributed by atoms with Crippen molar-refractivity contribution < 1.29 is 24.4 Å². The number of methoxy groups -OCH3 is 1. The molecule has 0 aromatic heterocycles. The van der Waals surface area contributed by atoms with Crippen LogP contribution in [0.25, 0.3) is 11.5 Å². The molecule has 116 valence electrons. The normalized spacial score (nSPS) is 33.0. The van der Waals surface area contributed by atoms with Crippen molar-refractivity contribution in [2.45, 2.75) is 12.8 Å². The molecule has 2 aliphatic heterocycles. The van der Waals surface area contributed by atoms with Crippen LogP contribution in [0.15, 0.2) is 29.7 Å². The largest absolute Gasteiger partial charge is 0.504 e. The minimum atomic E-state index is 0.0395. The number of allylic oxidation sites excluding steroid dienone is 2. The van der Waals surface area contributed by atoms with E-state index in [-0.39, 0.29) is 23.4 Å². The summed E-state index contributed by atoms with van der Waals surface area (Å²) in [5.74, 6) is 1.94. The summed E-state index contributed by atoms with van der Waals surface area (Å²) < 4.78 is 16.8. The second-order valence-corrected chi connectivity index (χ2v) is 5.80. The summed E-state index contributed by atoms with van der Waals surface area (Å²) in [4.78, 5) is 0. The van der Waals surface area contributed by atoms with Gasteiger partial charge >= 0.3 is 0 Å². The van der Waals surface area contributed by atoms with Gasteiger partial charge in [-0.2, -0.15) is 0 Å². The highest BCUT2D eigenvalue weighted by molar-refractivity contribution is 5.80. The SMILES string of the molecule is COc1cccc2c1/C(O)=C1/OCCC1C1CCO/C1=C/2O. The molecule has 0 spiro atoms. The Kier molecular flexibility index (Phi) is 2.96. The van der Waals surface area contributed by atoms with E-state index in [0.717, 1.165) is 12.8 Å². The highest BCUT2D eigenvalue weighted by Gasteiger charge is 2.43. The molecule has 2 fully saturated rings.